The second-order valence-electron chi connectivity index (χ2n) is 6.09. The lowest BCUT2D eigenvalue weighted by Gasteiger charge is -2.35. The Labute approximate surface area is 95.0 Å². The quantitative estimate of drug-likeness (QED) is 0.734. The van der Waals surface area contributed by atoms with Crippen molar-refractivity contribution in [3.05, 3.63) is 0 Å². The monoisotopic (exact) mass is 209 g/mol. The highest BCUT2D eigenvalue weighted by atomic mass is 14.9. The fourth-order valence-corrected chi connectivity index (χ4v) is 3.72. The van der Waals surface area contributed by atoms with E-state index in [-0.39, 0.29) is 0 Å². The van der Waals surface area contributed by atoms with Crippen LogP contribution in [0.4, 0.5) is 0 Å². The zero-order chi connectivity index (χ0) is 10.8. The van der Waals surface area contributed by atoms with Crippen LogP contribution in [0.25, 0.3) is 0 Å². The molecule has 2 rings (SSSR count). The van der Waals surface area contributed by atoms with Gasteiger partial charge in [-0.1, -0.05) is 20.3 Å². The van der Waals surface area contributed by atoms with Crippen molar-refractivity contribution < 1.29 is 0 Å². The summed E-state index contributed by atoms with van der Waals surface area (Å²) < 4.78 is 0. The van der Waals surface area contributed by atoms with Crippen LogP contribution in [0.5, 0.6) is 0 Å². The number of nitrogens with one attached hydrogen (secondary N) is 1. The van der Waals surface area contributed by atoms with Crippen molar-refractivity contribution in [3.8, 4) is 0 Å². The van der Waals surface area contributed by atoms with Gasteiger partial charge in [0, 0.05) is 6.04 Å². The molecule has 0 aromatic heterocycles. The summed E-state index contributed by atoms with van der Waals surface area (Å²) in [6.07, 6.45) is 8.84. The fraction of sp³-hybridized carbons (Fsp3) is 1.00. The van der Waals surface area contributed by atoms with Gasteiger partial charge in [-0.2, -0.15) is 0 Å². The molecular weight excluding hydrogens is 182 g/mol. The topological polar surface area (TPSA) is 12.0 Å². The molecule has 0 saturated heterocycles. The molecule has 0 amide bonds. The van der Waals surface area contributed by atoms with Gasteiger partial charge in [0.05, 0.1) is 0 Å². The zero-order valence-electron chi connectivity index (χ0n) is 10.6. The van der Waals surface area contributed by atoms with Crippen molar-refractivity contribution in [3.63, 3.8) is 0 Å². The van der Waals surface area contributed by atoms with Gasteiger partial charge >= 0.3 is 0 Å². The molecule has 0 aliphatic heterocycles. The van der Waals surface area contributed by atoms with Crippen LogP contribution in [-0.4, -0.2) is 13.1 Å². The summed E-state index contributed by atoms with van der Waals surface area (Å²) in [4.78, 5) is 0. The van der Waals surface area contributed by atoms with Crippen LogP contribution in [0.1, 0.15) is 52.4 Å². The van der Waals surface area contributed by atoms with E-state index in [9.17, 15) is 0 Å². The third-order valence-electron chi connectivity index (χ3n) is 5.19. The van der Waals surface area contributed by atoms with Crippen LogP contribution < -0.4 is 5.32 Å². The summed E-state index contributed by atoms with van der Waals surface area (Å²) in [5, 5.41) is 3.45. The third-order valence-corrected chi connectivity index (χ3v) is 5.19. The molecule has 0 aromatic carbocycles. The first kappa shape index (κ1) is 11.4. The van der Waals surface area contributed by atoms with Crippen LogP contribution in [0.2, 0.25) is 0 Å². The average molecular weight is 209 g/mol. The minimum Gasteiger partial charge on any atom is -0.317 e. The minimum atomic E-state index is 0.824. The van der Waals surface area contributed by atoms with Gasteiger partial charge in [-0.15, -0.1) is 0 Å². The Morgan fingerprint density at radius 3 is 2.07 bits per heavy atom. The molecule has 0 radical (unpaired) electrons. The van der Waals surface area contributed by atoms with E-state index >= 15 is 0 Å². The standard InChI is InChI=1S/C14H27N/c1-10-4-5-12(8-11(10)2)13-6-7-14(9-13)15-3/h10-15H,4-9H2,1-3H3. The van der Waals surface area contributed by atoms with E-state index in [4.69, 9.17) is 0 Å². The van der Waals surface area contributed by atoms with Gasteiger partial charge in [0.2, 0.25) is 0 Å². The van der Waals surface area contributed by atoms with E-state index < -0.39 is 0 Å². The molecule has 0 aromatic rings. The van der Waals surface area contributed by atoms with Crippen LogP contribution in [0.3, 0.4) is 0 Å². The van der Waals surface area contributed by atoms with Crippen LogP contribution in [0, 0.1) is 23.7 Å². The highest BCUT2D eigenvalue weighted by molar-refractivity contribution is 4.87. The average Bonchev–Trinajstić information content (AvgIpc) is 2.70. The molecule has 1 N–H and O–H groups in total. The summed E-state index contributed by atoms with van der Waals surface area (Å²) >= 11 is 0. The molecule has 2 aliphatic carbocycles. The maximum Gasteiger partial charge on any atom is 0.00669 e. The molecule has 2 aliphatic rings. The molecule has 2 saturated carbocycles. The number of hydrogen-bond acceptors (Lipinski definition) is 1. The lowest BCUT2D eigenvalue weighted by atomic mass is 9.71. The van der Waals surface area contributed by atoms with Crippen LogP contribution in [-0.2, 0) is 0 Å². The van der Waals surface area contributed by atoms with Gasteiger partial charge in [0.15, 0.2) is 0 Å². The second kappa shape index (κ2) is 4.86. The number of hydrogen-bond donors (Lipinski definition) is 1. The maximum atomic E-state index is 3.45. The van der Waals surface area contributed by atoms with Crippen molar-refractivity contribution in [2.45, 2.75) is 58.4 Å². The predicted molar refractivity (Wildman–Crippen MR) is 65.9 cm³/mol. The van der Waals surface area contributed by atoms with E-state index in [0.29, 0.717) is 0 Å². The SMILES string of the molecule is CNC1CCC(C2CCC(C)C(C)C2)C1. The van der Waals surface area contributed by atoms with Crippen LogP contribution >= 0.6 is 0 Å². The Kier molecular flexibility index (Phi) is 3.71. The first-order chi connectivity index (χ1) is 7.20. The molecule has 15 heavy (non-hydrogen) atoms. The fourth-order valence-electron chi connectivity index (χ4n) is 3.72. The lowest BCUT2D eigenvalue weighted by Crippen LogP contribution is -2.27. The summed E-state index contributed by atoms with van der Waals surface area (Å²) in [5.41, 5.74) is 0. The van der Waals surface area contributed by atoms with E-state index in [1.165, 1.54) is 38.5 Å². The van der Waals surface area contributed by atoms with E-state index in [0.717, 1.165) is 29.7 Å². The third kappa shape index (κ3) is 2.55. The molecule has 0 heterocycles. The van der Waals surface area contributed by atoms with Gasteiger partial charge in [-0.25, -0.2) is 0 Å². The molecular formula is C14H27N. The van der Waals surface area contributed by atoms with Gasteiger partial charge in [-0.3, -0.25) is 0 Å². The maximum absolute atomic E-state index is 3.45. The Morgan fingerprint density at radius 2 is 1.47 bits per heavy atom. The predicted octanol–water partition coefficient (Wildman–Crippen LogP) is 3.45. The van der Waals surface area contributed by atoms with E-state index in [1.807, 2.05) is 0 Å². The van der Waals surface area contributed by atoms with Crippen molar-refractivity contribution in [2.75, 3.05) is 7.05 Å². The second-order valence-corrected chi connectivity index (χ2v) is 6.09. The molecule has 2 fully saturated rings. The normalized spacial score (nSPS) is 47.0. The first-order valence-corrected chi connectivity index (χ1v) is 6.88. The summed E-state index contributed by atoms with van der Waals surface area (Å²) in [6.45, 7) is 4.90. The number of rotatable bonds is 2. The molecule has 0 spiro atoms. The van der Waals surface area contributed by atoms with Crippen molar-refractivity contribution in [1.29, 1.82) is 0 Å². The molecule has 5 atom stereocenters. The molecule has 5 unspecified atom stereocenters. The largest absolute Gasteiger partial charge is 0.317 e. The van der Waals surface area contributed by atoms with E-state index in [2.05, 4.69) is 26.2 Å². The van der Waals surface area contributed by atoms with Crippen LogP contribution in [0.15, 0.2) is 0 Å². The van der Waals surface area contributed by atoms with Crippen molar-refractivity contribution in [1.82, 2.24) is 5.32 Å². The van der Waals surface area contributed by atoms with Gasteiger partial charge in [0.1, 0.15) is 0 Å². The van der Waals surface area contributed by atoms with Gasteiger partial charge in [0.25, 0.3) is 0 Å². The molecule has 1 nitrogen and oxygen atoms in total. The Bertz CT molecular complexity index is 202. The first-order valence-electron chi connectivity index (χ1n) is 6.88. The van der Waals surface area contributed by atoms with E-state index in [1.54, 1.807) is 0 Å². The molecule has 0 bridgehead atoms. The highest BCUT2D eigenvalue weighted by Gasteiger charge is 2.34. The summed E-state index contributed by atoms with van der Waals surface area (Å²) in [6, 6.07) is 0.824. The van der Waals surface area contributed by atoms with Crippen molar-refractivity contribution in [2.24, 2.45) is 23.7 Å². The highest BCUT2D eigenvalue weighted by Crippen LogP contribution is 2.42. The summed E-state index contributed by atoms with van der Waals surface area (Å²) in [7, 11) is 2.12. The Balaban J connectivity index is 1.84. The van der Waals surface area contributed by atoms with Crippen molar-refractivity contribution >= 4 is 0 Å². The lowest BCUT2D eigenvalue weighted by molar-refractivity contribution is 0.156. The molecule has 1 heteroatoms. The minimum absolute atomic E-state index is 0.824. The Morgan fingerprint density at radius 1 is 0.800 bits per heavy atom. The molecule has 88 valence electrons. The Hall–Kier alpha value is -0.0400. The van der Waals surface area contributed by atoms with Gasteiger partial charge in [-0.05, 0) is 62.8 Å². The van der Waals surface area contributed by atoms with Gasteiger partial charge < -0.3 is 5.32 Å². The smallest absolute Gasteiger partial charge is 0.00669 e. The zero-order valence-corrected chi connectivity index (χ0v) is 10.6. The summed E-state index contributed by atoms with van der Waals surface area (Å²) in [5.74, 6) is 4.03.